The van der Waals surface area contributed by atoms with E-state index in [1.165, 1.54) is 19.3 Å². The van der Waals surface area contributed by atoms with Crippen LogP contribution in [0.15, 0.2) is 0 Å². The van der Waals surface area contributed by atoms with Crippen molar-refractivity contribution in [2.45, 2.75) is 64.7 Å². The van der Waals surface area contributed by atoms with E-state index < -0.39 is 0 Å². The van der Waals surface area contributed by atoms with Gasteiger partial charge < -0.3 is 11.1 Å². The monoisotopic (exact) mass is 213 g/mol. The average molecular weight is 213 g/mol. The van der Waals surface area contributed by atoms with E-state index in [4.69, 9.17) is 5.73 Å². The van der Waals surface area contributed by atoms with Gasteiger partial charge in [-0.05, 0) is 26.2 Å². The lowest BCUT2D eigenvalue weighted by atomic mass is 9.79. The quantitative estimate of drug-likeness (QED) is 0.744. The molecule has 1 aliphatic rings. The summed E-state index contributed by atoms with van der Waals surface area (Å²) in [5.74, 6) is 0. The number of hydrogen-bond acceptors (Lipinski definition) is 3. The van der Waals surface area contributed by atoms with Crippen LogP contribution < -0.4 is 11.1 Å². The highest BCUT2D eigenvalue weighted by Gasteiger charge is 2.43. The summed E-state index contributed by atoms with van der Waals surface area (Å²) in [4.78, 5) is 2.50. The second-order valence-corrected chi connectivity index (χ2v) is 4.66. The molecule has 3 heteroatoms. The molecule has 1 fully saturated rings. The minimum atomic E-state index is 0.168. The van der Waals surface area contributed by atoms with Crippen LogP contribution in [0, 0.1) is 0 Å². The van der Waals surface area contributed by atoms with Gasteiger partial charge >= 0.3 is 0 Å². The summed E-state index contributed by atoms with van der Waals surface area (Å²) < 4.78 is 0. The van der Waals surface area contributed by atoms with Crippen molar-refractivity contribution >= 4 is 0 Å². The minimum absolute atomic E-state index is 0.168. The van der Waals surface area contributed by atoms with Gasteiger partial charge in [-0.1, -0.05) is 20.8 Å². The van der Waals surface area contributed by atoms with E-state index in [1.807, 2.05) is 0 Å². The second-order valence-electron chi connectivity index (χ2n) is 4.66. The van der Waals surface area contributed by atoms with Crippen LogP contribution in [0.25, 0.3) is 0 Å². The third kappa shape index (κ3) is 2.19. The van der Waals surface area contributed by atoms with Crippen molar-refractivity contribution in [1.82, 2.24) is 10.2 Å². The van der Waals surface area contributed by atoms with Gasteiger partial charge in [0.25, 0.3) is 0 Å². The van der Waals surface area contributed by atoms with Crippen molar-refractivity contribution in [2.24, 2.45) is 5.73 Å². The molecule has 0 radical (unpaired) electrons. The van der Waals surface area contributed by atoms with E-state index in [-0.39, 0.29) is 11.7 Å². The summed E-state index contributed by atoms with van der Waals surface area (Å²) in [6.07, 6.45) is 3.71. The molecule has 1 saturated heterocycles. The van der Waals surface area contributed by atoms with E-state index in [0.29, 0.717) is 6.04 Å². The van der Waals surface area contributed by atoms with Crippen molar-refractivity contribution in [3.8, 4) is 0 Å². The van der Waals surface area contributed by atoms with Crippen LogP contribution >= 0.6 is 0 Å². The first-order chi connectivity index (χ1) is 7.12. The van der Waals surface area contributed by atoms with Gasteiger partial charge in [0, 0.05) is 24.7 Å². The molecule has 2 atom stereocenters. The standard InChI is InChI=1S/C12H27N3/c1-5-11-12(6-2,7-3)15(10(4)13)9-8-14-11/h10-11,14H,5-9,13H2,1-4H3. The van der Waals surface area contributed by atoms with Crippen LogP contribution in [0.2, 0.25) is 0 Å². The third-order valence-electron chi connectivity index (χ3n) is 4.09. The van der Waals surface area contributed by atoms with Gasteiger partial charge in [0.1, 0.15) is 0 Å². The Labute approximate surface area is 94.4 Å². The average Bonchev–Trinajstić information content (AvgIpc) is 2.27. The number of nitrogens with two attached hydrogens (primary N) is 1. The number of nitrogens with one attached hydrogen (secondary N) is 1. The smallest absolute Gasteiger partial charge is 0.0549 e. The zero-order valence-corrected chi connectivity index (χ0v) is 10.7. The van der Waals surface area contributed by atoms with Gasteiger partial charge in [0.05, 0.1) is 6.17 Å². The number of hydrogen-bond donors (Lipinski definition) is 2. The van der Waals surface area contributed by atoms with E-state index in [1.54, 1.807) is 0 Å². The topological polar surface area (TPSA) is 41.3 Å². The number of piperazine rings is 1. The Hall–Kier alpha value is -0.120. The predicted molar refractivity (Wildman–Crippen MR) is 65.8 cm³/mol. The van der Waals surface area contributed by atoms with Crippen LogP contribution in [-0.4, -0.2) is 35.7 Å². The highest BCUT2D eigenvalue weighted by molar-refractivity contribution is 5.02. The maximum atomic E-state index is 6.11. The zero-order chi connectivity index (χ0) is 11.5. The first-order valence-electron chi connectivity index (χ1n) is 6.38. The van der Waals surface area contributed by atoms with Crippen LogP contribution in [0.5, 0.6) is 0 Å². The molecule has 0 saturated carbocycles. The summed E-state index contributed by atoms with van der Waals surface area (Å²) >= 11 is 0. The van der Waals surface area contributed by atoms with Crippen LogP contribution in [0.3, 0.4) is 0 Å². The maximum absolute atomic E-state index is 6.11. The molecule has 1 heterocycles. The van der Waals surface area contributed by atoms with Crippen molar-refractivity contribution in [1.29, 1.82) is 0 Å². The van der Waals surface area contributed by atoms with Gasteiger partial charge in [-0.3, -0.25) is 4.90 Å². The maximum Gasteiger partial charge on any atom is 0.0549 e. The Bertz CT molecular complexity index is 187. The molecule has 0 aromatic carbocycles. The van der Waals surface area contributed by atoms with Crippen LogP contribution in [0.1, 0.15) is 47.0 Å². The summed E-state index contributed by atoms with van der Waals surface area (Å²) in [6.45, 7) is 11.1. The van der Waals surface area contributed by atoms with Crippen LogP contribution in [0.4, 0.5) is 0 Å². The first-order valence-corrected chi connectivity index (χ1v) is 6.38. The van der Waals surface area contributed by atoms with E-state index in [2.05, 4.69) is 37.9 Å². The van der Waals surface area contributed by atoms with Gasteiger partial charge in [-0.2, -0.15) is 0 Å². The van der Waals surface area contributed by atoms with Crippen molar-refractivity contribution in [3.05, 3.63) is 0 Å². The van der Waals surface area contributed by atoms with Gasteiger partial charge in [0.2, 0.25) is 0 Å². The second kappa shape index (κ2) is 5.28. The molecule has 0 spiro atoms. The highest BCUT2D eigenvalue weighted by Crippen LogP contribution is 2.32. The normalized spacial score (nSPS) is 29.0. The fourth-order valence-electron chi connectivity index (χ4n) is 3.25. The number of rotatable bonds is 4. The lowest BCUT2D eigenvalue weighted by Gasteiger charge is -2.53. The molecule has 2 unspecified atom stereocenters. The largest absolute Gasteiger partial charge is 0.316 e. The molecular weight excluding hydrogens is 186 g/mol. The van der Waals surface area contributed by atoms with Gasteiger partial charge in [0.15, 0.2) is 0 Å². The Morgan fingerprint density at radius 1 is 1.40 bits per heavy atom. The van der Waals surface area contributed by atoms with E-state index in [9.17, 15) is 0 Å². The molecule has 0 aromatic heterocycles. The molecule has 1 rings (SSSR count). The number of nitrogens with zero attached hydrogens (tertiary/aromatic N) is 1. The molecule has 0 aliphatic carbocycles. The Balaban J connectivity index is 2.94. The minimum Gasteiger partial charge on any atom is -0.316 e. The molecule has 3 N–H and O–H groups in total. The van der Waals surface area contributed by atoms with Crippen molar-refractivity contribution in [3.63, 3.8) is 0 Å². The SMILES string of the molecule is CCC1NCCN(C(C)N)C1(CC)CC. The lowest BCUT2D eigenvalue weighted by Crippen LogP contribution is -2.69. The molecule has 90 valence electrons. The Kier molecular flexibility index (Phi) is 4.56. The van der Waals surface area contributed by atoms with E-state index in [0.717, 1.165) is 13.1 Å². The van der Waals surface area contributed by atoms with Crippen molar-refractivity contribution < 1.29 is 0 Å². The molecular formula is C12H27N3. The molecule has 1 aliphatic heterocycles. The first kappa shape index (κ1) is 12.9. The summed E-state index contributed by atoms with van der Waals surface area (Å²) in [6, 6.07) is 0.590. The fraction of sp³-hybridized carbons (Fsp3) is 1.00. The molecule has 0 bridgehead atoms. The molecule has 0 amide bonds. The summed E-state index contributed by atoms with van der Waals surface area (Å²) in [5.41, 5.74) is 6.37. The summed E-state index contributed by atoms with van der Waals surface area (Å²) in [7, 11) is 0. The van der Waals surface area contributed by atoms with E-state index >= 15 is 0 Å². The van der Waals surface area contributed by atoms with Crippen molar-refractivity contribution in [2.75, 3.05) is 13.1 Å². The van der Waals surface area contributed by atoms with Gasteiger partial charge in [-0.15, -0.1) is 0 Å². The zero-order valence-electron chi connectivity index (χ0n) is 10.7. The molecule has 3 nitrogen and oxygen atoms in total. The molecule has 0 aromatic rings. The third-order valence-corrected chi connectivity index (χ3v) is 4.09. The fourth-order valence-corrected chi connectivity index (χ4v) is 3.25. The summed E-state index contributed by atoms with van der Waals surface area (Å²) in [5, 5.41) is 3.65. The van der Waals surface area contributed by atoms with Crippen LogP contribution in [-0.2, 0) is 0 Å². The molecule has 15 heavy (non-hydrogen) atoms. The predicted octanol–water partition coefficient (Wildman–Crippen LogP) is 1.53. The Morgan fingerprint density at radius 2 is 2.00 bits per heavy atom. The Morgan fingerprint density at radius 3 is 2.40 bits per heavy atom. The van der Waals surface area contributed by atoms with Gasteiger partial charge in [-0.25, -0.2) is 0 Å². The highest BCUT2D eigenvalue weighted by atomic mass is 15.3. The lowest BCUT2D eigenvalue weighted by molar-refractivity contribution is -0.0154.